The lowest BCUT2D eigenvalue weighted by Crippen LogP contribution is -2.53. The van der Waals surface area contributed by atoms with Gasteiger partial charge in [0, 0.05) is 35.6 Å². The number of unbranched alkanes of at least 4 members (excludes halogenated alkanes) is 1. The first kappa shape index (κ1) is 33.4. The number of sulfonamides is 1. The van der Waals surface area contributed by atoms with Crippen LogP contribution in [0.3, 0.4) is 0 Å². The van der Waals surface area contributed by atoms with E-state index >= 15 is 0 Å². The highest BCUT2D eigenvalue weighted by molar-refractivity contribution is 7.92. The van der Waals surface area contributed by atoms with Gasteiger partial charge in [-0.15, -0.1) is 0 Å². The van der Waals surface area contributed by atoms with Crippen LogP contribution in [0.4, 0.5) is 5.69 Å². The van der Waals surface area contributed by atoms with E-state index in [1.54, 1.807) is 36.4 Å². The number of nitrogens with one attached hydrogen (secondary N) is 1. The van der Waals surface area contributed by atoms with Gasteiger partial charge in [0.15, 0.2) is 11.5 Å². The second kappa shape index (κ2) is 15.5. The Balaban J connectivity index is 1.75. The fourth-order valence-electron chi connectivity index (χ4n) is 4.80. The molecule has 44 heavy (non-hydrogen) atoms. The van der Waals surface area contributed by atoms with Gasteiger partial charge in [0.05, 0.1) is 11.4 Å². The zero-order valence-electron chi connectivity index (χ0n) is 24.8. The van der Waals surface area contributed by atoms with Gasteiger partial charge in [-0.25, -0.2) is 8.42 Å². The Labute approximate surface area is 269 Å². The van der Waals surface area contributed by atoms with Crippen molar-refractivity contribution in [3.05, 3.63) is 87.9 Å². The molecule has 4 rings (SSSR count). The van der Waals surface area contributed by atoms with Crippen molar-refractivity contribution in [1.29, 1.82) is 0 Å². The first-order valence-corrected chi connectivity index (χ1v) is 16.9. The van der Waals surface area contributed by atoms with Gasteiger partial charge in [-0.05, 0) is 48.7 Å². The summed E-state index contributed by atoms with van der Waals surface area (Å²) < 4.78 is 39.2. The normalized spacial score (nSPS) is 13.2. The number of ether oxygens (including phenoxy) is 2. The number of benzene rings is 3. The van der Waals surface area contributed by atoms with Gasteiger partial charge in [0.1, 0.15) is 25.8 Å². The highest BCUT2D eigenvalue weighted by Gasteiger charge is 2.34. The third-order valence-electron chi connectivity index (χ3n) is 7.25. The van der Waals surface area contributed by atoms with Crippen LogP contribution in [-0.2, 0) is 32.6 Å². The lowest BCUT2D eigenvalue weighted by molar-refractivity contribution is -0.140. The number of fused-ring (bicyclic) bond motifs is 1. The predicted molar refractivity (Wildman–Crippen MR) is 173 cm³/mol. The zero-order chi connectivity index (χ0) is 31.7. The largest absolute Gasteiger partial charge is 0.486 e. The molecular weight excluding hydrogens is 625 g/mol. The van der Waals surface area contributed by atoms with Crippen LogP contribution in [0.5, 0.6) is 11.5 Å². The average Bonchev–Trinajstić information content (AvgIpc) is 3.02. The van der Waals surface area contributed by atoms with Gasteiger partial charge in [0.2, 0.25) is 21.8 Å². The molecule has 2 amide bonds. The second-order valence-electron chi connectivity index (χ2n) is 10.3. The number of hydrogen-bond acceptors (Lipinski definition) is 6. The van der Waals surface area contributed by atoms with Crippen LogP contribution in [0.25, 0.3) is 0 Å². The van der Waals surface area contributed by atoms with E-state index in [2.05, 4.69) is 5.32 Å². The number of hydrogen-bond donors (Lipinski definition) is 1. The monoisotopic (exact) mass is 661 g/mol. The van der Waals surface area contributed by atoms with Gasteiger partial charge < -0.3 is 19.7 Å². The molecule has 3 aromatic carbocycles. The van der Waals surface area contributed by atoms with Crippen molar-refractivity contribution in [1.82, 2.24) is 10.2 Å². The molecule has 1 N–H and O–H groups in total. The Morgan fingerprint density at radius 2 is 1.68 bits per heavy atom. The Kier molecular flexibility index (Phi) is 11.8. The summed E-state index contributed by atoms with van der Waals surface area (Å²) in [5.74, 6) is -0.284. The smallest absolute Gasteiger partial charge is 0.244 e. The number of halogens is 2. The second-order valence-corrected chi connectivity index (χ2v) is 13.4. The number of carbonyl (C=O) groups is 2. The summed E-state index contributed by atoms with van der Waals surface area (Å²) in [4.78, 5) is 29.5. The molecule has 1 atom stereocenters. The minimum Gasteiger partial charge on any atom is -0.486 e. The van der Waals surface area contributed by atoms with Crippen molar-refractivity contribution < 1.29 is 27.5 Å². The molecule has 3 aromatic rings. The summed E-state index contributed by atoms with van der Waals surface area (Å²) in [6, 6.07) is 18.1. The summed E-state index contributed by atoms with van der Waals surface area (Å²) in [6.45, 7) is 4.08. The van der Waals surface area contributed by atoms with Crippen molar-refractivity contribution in [2.75, 3.05) is 36.4 Å². The number of carbonyl (C=O) groups excluding carboxylic acids is 2. The van der Waals surface area contributed by atoms with Crippen LogP contribution in [0.2, 0.25) is 10.0 Å². The minimum absolute atomic E-state index is 0.0469. The highest BCUT2D eigenvalue weighted by atomic mass is 35.5. The molecule has 0 bridgehead atoms. The number of anilines is 1. The maximum atomic E-state index is 14.3. The standard InChI is InChI=1S/C32H37Cl2N3O6S/c1-3-5-15-35-32(39)28(18-23-9-7-6-8-10-23)36(21-24-11-12-25(33)19-27(24)34)31(38)22-37(44(40,41)4-2)26-13-14-29-30(20-26)43-17-16-42-29/h6-14,19-20,28H,3-5,15-18,21-22H2,1-2H3,(H,35,39)/t28-/m1/s1. The molecule has 1 aliphatic rings. The topological polar surface area (TPSA) is 105 Å². The molecule has 236 valence electrons. The summed E-state index contributed by atoms with van der Waals surface area (Å²) in [7, 11) is -3.93. The molecule has 0 fully saturated rings. The van der Waals surface area contributed by atoms with Crippen LogP contribution in [0.1, 0.15) is 37.8 Å². The third kappa shape index (κ3) is 8.58. The Hall–Kier alpha value is -3.47. The Bertz CT molecular complexity index is 1550. The number of amides is 2. The molecule has 0 aromatic heterocycles. The average molecular weight is 663 g/mol. The quantitative estimate of drug-likeness (QED) is 0.230. The van der Waals surface area contributed by atoms with Gasteiger partial charge in [-0.3, -0.25) is 13.9 Å². The number of rotatable bonds is 14. The van der Waals surface area contributed by atoms with E-state index in [-0.39, 0.29) is 30.3 Å². The summed E-state index contributed by atoms with van der Waals surface area (Å²) in [5.41, 5.74) is 1.65. The minimum atomic E-state index is -3.93. The van der Waals surface area contributed by atoms with Gasteiger partial charge >= 0.3 is 0 Å². The molecule has 0 saturated carbocycles. The van der Waals surface area contributed by atoms with Gasteiger partial charge in [0.25, 0.3) is 0 Å². The molecule has 0 radical (unpaired) electrons. The first-order chi connectivity index (χ1) is 21.1. The third-order valence-corrected chi connectivity index (χ3v) is 9.58. The van der Waals surface area contributed by atoms with Crippen molar-refractivity contribution in [2.24, 2.45) is 0 Å². The molecule has 0 saturated heterocycles. The van der Waals surface area contributed by atoms with Crippen molar-refractivity contribution in [3.8, 4) is 11.5 Å². The molecule has 0 spiro atoms. The van der Waals surface area contributed by atoms with Gasteiger partial charge in [-0.2, -0.15) is 0 Å². The molecule has 9 nitrogen and oxygen atoms in total. The first-order valence-electron chi connectivity index (χ1n) is 14.6. The summed E-state index contributed by atoms with van der Waals surface area (Å²) in [5, 5.41) is 3.71. The highest BCUT2D eigenvalue weighted by Crippen LogP contribution is 2.35. The SMILES string of the molecule is CCCCNC(=O)[C@@H](Cc1ccccc1)N(Cc1ccc(Cl)cc1Cl)C(=O)CN(c1ccc2c(c1)OCCO2)S(=O)(=O)CC. The maximum Gasteiger partial charge on any atom is 0.244 e. The number of nitrogens with zero attached hydrogens (tertiary/aromatic N) is 2. The summed E-state index contributed by atoms with van der Waals surface area (Å²) in [6.07, 6.45) is 1.86. The molecule has 0 aliphatic carbocycles. The summed E-state index contributed by atoms with van der Waals surface area (Å²) >= 11 is 12.7. The van der Waals surface area contributed by atoms with E-state index < -0.39 is 28.5 Å². The molecule has 1 aliphatic heterocycles. The van der Waals surface area contributed by atoms with E-state index in [4.69, 9.17) is 32.7 Å². The van der Waals surface area contributed by atoms with E-state index in [9.17, 15) is 18.0 Å². The van der Waals surface area contributed by atoms with Crippen LogP contribution >= 0.6 is 23.2 Å². The molecule has 1 heterocycles. The fraction of sp³-hybridized carbons (Fsp3) is 0.375. The Morgan fingerprint density at radius 1 is 0.955 bits per heavy atom. The van der Waals surface area contributed by atoms with E-state index in [1.165, 1.54) is 11.8 Å². The van der Waals surface area contributed by atoms with Crippen LogP contribution in [0, 0.1) is 0 Å². The van der Waals surface area contributed by atoms with Crippen molar-refractivity contribution in [3.63, 3.8) is 0 Å². The molecule has 12 heteroatoms. The molecule has 0 unspecified atom stereocenters. The Morgan fingerprint density at radius 3 is 2.36 bits per heavy atom. The van der Waals surface area contributed by atoms with E-state index in [0.717, 1.165) is 22.7 Å². The lowest BCUT2D eigenvalue weighted by atomic mass is 10.0. The zero-order valence-corrected chi connectivity index (χ0v) is 27.1. The van der Waals surface area contributed by atoms with Crippen LogP contribution < -0.4 is 19.1 Å². The van der Waals surface area contributed by atoms with Crippen LogP contribution in [0.15, 0.2) is 66.7 Å². The van der Waals surface area contributed by atoms with E-state index in [0.29, 0.717) is 46.9 Å². The van der Waals surface area contributed by atoms with E-state index in [1.807, 2.05) is 37.3 Å². The predicted octanol–water partition coefficient (Wildman–Crippen LogP) is 5.48. The van der Waals surface area contributed by atoms with Crippen molar-refractivity contribution in [2.45, 2.75) is 45.7 Å². The van der Waals surface area contributed by atoms with Crippen molar-refractivity contribution >= 4 is 50.7 Å². The van der Waals surface area contributed by atoms with Crippen LogP contribution in [-0.4, -0.2) is 63.2 Å². The lowest BCUT2D eigenvalue weighted by Gasteiger charge is -2.34. The van der Waals surface area contributed by atoms with Gasteiger partial charge in [-0.1, -0.05) is 72.9 Å². The maximum absolute atomic E-state index is 14.3. The molecular formula is C32H37Cl2N3O6S. The fourth-order valence-corrected chi connectivity index (χ4v) is 6.32.